The molecule has 0 amide bonds. The summed E-state index contributed by atoms with van der Waals surface area (Å²) < 4.78 is 5.17. The van der Waals surface area contributed by atoms with Crippen LogP contribution in [0.2, 0.25) is 0 Å². The van der Waals surface area contributed by atoms with Gasteiger partial charge in [0.15, 0.2) is 5.82 Å². The van der Waals surface area contributed by atoms with Crippen molar-refractivity contribution in [3.63, 3.8) is 0 Å². The summed E-state index contributed by atoms with van der Waals surface area (Å²) in [6, 6.07) is 0.477. The van der Waals surface area contributed by atoms with Crippen molar-refractivity contribution < 1.29 is 4.52 Å². The molecule has 1 fully saturated rings. The standard InChI is InChI=1S/C8H13N3OS/c1-5-10-8(12-11-5)6-3-13-4-7(6)9-2/h6-7,9H,3-4H2,1-2H3. The van der Waals surface area contributed by atoms with Crippen LogP contribution in [0.5, 0.6) is 0 Å². The van der Waals surface area contributed by atoms with E-state index >= 15 is 0 Å². The number of rotatable bonds is 2. The molecule has 0 aromatic carbocycles. The van der Waals surface area contributed by atoms with Gasteiger partial charge < -0.3 is 9.84 Å². The lowest BCUT2D eigenvalue weighted by Crippen LogP contribution is -2.31. The summed E-state index contributed by atoms with van der Waals surface area (Å²) in [6.45, 7) is 1.85. The summed E-state index contributed by atoms with van der Waals surface area (Å²) in [7, 11) is 1.98. The molecule has 13 heavy (non-hydrogen) atoms. The van der Waals surface area contributed by atoms with Crippen molar-refractivity contribution in [1.29, 1.82) is 0 Å². The molecule has 1 aliphatic heterocycles. The van der Waals surface area contributed by atoms with Crippen molar-refractivity contribution in [1.82, 2.24) is 15.5 Å². The highest BCUT2D eigenvalue weighted by molar-refractivity contribution is 7.99. The van der Waals surface area contributed by atoms with Crippen LogP contribution in [0.15, 0.2) is 4.52 Å². The molecule has 72 valence electrons. The second kappa shape index (κ2) is 3.67. The number of nitrogens with zero attached hydrogens (tertiary/aromatic N) is 2. The van der Waals surface area contributed by atoms with Gasteiger partial charge in [0.25, 0.3) is 0 Å². The predicted molar refractivity (Wildman–Crippen MR) is 51.9 cm³/mol. The Morgan fingerprint density at radius 1 is 1.54 bits per heavy atom. The van der Waals surface area contributed by atoms with Crippen LogP contribution in [0.4, 0.5) is 0 Å². The molecule has 2 atom stereocenters. The highest BCUT2D eigenvalue weighted by atomic mass is 32.2. The average Bonchev–Trinajstić information content (AvgIpc) is 2.71. The first-order chi connectivity index (χ1) is 6.31. The first-order valence-corrected chi connectivity index (χ1v) is 5.52. The fourth-order valence-corrected chi connectivity index (χ4v) is 2.96. The van der Waals surface area contributed by atoms with Gasteiger partial charge in [-0.05, 0) is 14.0 Å². The molecule has 2 heterocycles. The maximum atomic E-state index is 5.17. The molecule has 1 aromatic heterocycles. The maximum Gasteiger partial charge on any atom is 0.232 e. The van der Waals surface area contributed by atoms with Gasteiger partial charge in [0.2, 0.25) is 5.89 Å². The Bertz CT molecular complexity index is 289. The zero-order valence-corrected chi connectivity index (χ0v) is 8.60. The van der Waals surface area contributed by atoms with E-state index in [2.05, 4.69) is 15.5 Å². The smallest absolute Gasteiger partial charge is 0.232 e. The van der Waals surface area contributed by atoms with E-state index in [0.29, 0.717) is 12.0 Å². The Labute approximate surface area is 81.5 Å². The van der Waals surface area contributed by atoms with Gasteiger partial charge >= 0.3 is 0 Å². The van der Waals surface area contributed by atoms with E-state index in [4.69, 9.17) is 4.52 Å². The van der Waals surface area contributed by atoms with Crippen molar-refractivity contribution in [2.75, 3.05) is 18.6 Å². The summed E-state index contributed by atoms with van der Waals surface area (Å²) in [6.07, 6.45) is 0. The average molecular weight is 199 g/mol. The molecule has 0 spiro atoms. The van der Waals surface area contributed by atoms with Crippen LogP contribution >= 0.6 is 11.8 Å². The van der Waals surface area contributed by atoms with Crippen LogP contribution in [-0.2, 0) is 0 Å². The summed E-state index contributed by atoms with van der Waals surface area (Å²) in [5.41, 5.74) is 0. The lowest BCUT2D eigenvalue weighted by molar-refractivity contribution is 0.341. The van der Waals surface area contributed by atoms with Gasteiger partial charge in [-0.3, -0.25) is 0 Å². The lowest BCUT2D eigenvalue weighted by Gasteiger charge is -2.12. The second-order valence-corrected chi connectivity index (χ2v) is 4.29. The van der Waals surface area contributed by atoms with Crippen molar-refractivity contribution in [2.24, 2.45) is 0 Å². The Hall–Kier alpha value is -0.550. The normalized spacial score (nSPS) is 28.2. The van der Waals surface area contributed by atoms with Crippen molar-refractivity contribution in [2.45, 2.75) is 18.9 Å². The van der Waals surface area contributed by atoms with E-state index in [-0.39, 0.29) is 0 Å². The van der Waals surface area contributed by atoms with Crippen LogP contribution in [-0.4, -0.2) is 34.7 Å². The fourth-order valence-electron chi connectivity index (χ4n) is 1.55. The Kier molecular flexibility index (Phi) is 2.55. The Balaban J connectivity index is 2.15. The number of hydrogen-bond acceptors (Lipinski definition) is 5. The van der Waals surface area contributed by atoms with Crippen molar-refractivity contribution in [3.05, 3.63) is 11.7 Å². The molecule has 0 aliphatic carbocycles. The number of hydrogen-bond donors (Lipinski definition) is 1. The topological polar surface area (TPSA) is 51.0 Å². The molecule has 1 aromatic rings. The summed E-state index contributed by atoms with van der Waals surface area (Å²) in [5.74, 6) is 4.09. The minimum atomic E-state index is 0.385. The van der Waals surface area contributed by atoms with Gasteiger partial charge in [-0.1, -0.05) is 5.16 Å². The number of nitrogens with one attached hydrogen (secondary N) is 1. The van der Waals surface area contributed by atoms with Crippen LogP contribution in [0.1, 0.15) is 17.6 Å². The van der Waals surface area contributed by atoms with Gasteiger partial charge in [-0.25, -0.2) is 0 Å². The van der Waals surface area contributed by atoms with Crippen LogP contribution in [0.3, 0.4) is 0 Å². The molecule has 2 unspecified atom stereocenters. The zero-order valence-electron chi connectivity index (χ0n) is 7.78. The third-order valence-electron chi connectivity index (χ3n) is 2.31. The van der Waals surface area contributed by atoms with Crippen molar-refractivity contribution in [3.8, 4) is 0 Å². The van der Waals surface area contributed by atoms with Gasteiger partial charge in [0.1, 0.15) is 0 Å². The van der Waals surface area contributed by atoms with Gasteiger partial charge in [0.05, 0.1) is 5.92 Å². The largest absolute Gasteiger partial charge is 0.339 e. The molecule has 4 nitrogen and oxygen atoms in total. The van der Waals surface area contributed by atoms with Crippen LogP contribution < -0.4 is 5.32 Å². The Morgan fingerprint density at radius 2 is 2.38 bits per heavy atom. The van der Waals surface area contributed by atoms with Crippen LogP contribution in [0, 0.1) is 6.92 Å². The SMILES string of the molecule is CNC1CSCC1c1nc(C)no1. The number of aryl methyl sites for hydroxylation is 1. The molecule has 0 bridgehead atoms. The van der Waals surface area contributed by atoms with Gasteiger partial charge in [0, 0.05) is 17.5 Å². The maximum absolute atomic E-state index is 5.17. The van der Waals surface area contributed by atoms with Crippen LogP contribution in [0.25, 0.3) is 0 Å². The van der Waals surface area contributed by atoms with E-state index in [1.54, 1.807) is 0 Å². The number of likely N-dealkylation sites (N-methyl/N-ethyl adjacent to an activating group) is 1. The van der Waals surface area contributed by atoms with Gasteiger partial charge in [-0.15, -0.1) is 0 Å². The van der Waals surface area contributed by atoms with E-state index in [0.717, 1.165) is 23.2 Å². The summed E-state index contributed by atoms with van der Waals surface area (Å²) >= 11 is 1.93. The zero-order chi connectivity index (χ0) is 9.26. The van der Waals surface area contributed by atoms with E-state index in [9.17, 15) is 0 Å². The number of thioether (sulfide) groups is 1. The third-order valence-corrected chi connectivity index (χ3v) is 3.50. The minimum Gasteiger partial charge on any atom is -0.339 e. The molecule has 2 rings (SSSR count). The van der Waals surface area contributed by atoms with E-state index in [1.807, 2.05) is 25.7 Å². The number of aromatic nitrogens is 2. The third kappa shape index (κ3) is 1.71. The Morgan fingerprint density at radius 3 is 3.00 bits per heavy atom. The van der Waals surface area contributed by atoms with Crippen molar-refractivity contribution >= 4 is 11.8 Å². The predicted octanol–water partition coefficient (Wildman–Crippen LogP) is 0.796. The molecular formula is C8H13N3OS. The molecule has 5 heteroatoms. The first kappa shape index (κ1) is 9.02. The molecule has 1 saturated heterocycles. The summed E-state index contributed by atoms with van der Waals surface area (Å²) in [5, 5.41) is 7.08. The highest BCUT2D eigenvalue weighted by Gasteiger charge is 2.31. The highest BCUT2D eigenvalue weighted by Crippen LogP contribution is 2.31. The van der Waals surface area contributed by atoms with Gasteiger partial charge in [-0.2, -0.15) is 16.7 Å². The quantitative estimate of drug-likeness (QED) is 0.763. The molecule has 0 radical (unpaired) electrons. The molecule has 0 saturated carbocycles. The second-order valence-electron chi connectivity index (χ2n) is 3.22. The summed E-state index contributed by atoms with van der Waals surface area (Å²) in [4.78, 5) is 4.26. The monoisotopic (exact) mass is 199 g/mol. The van der Waals surface area contributed by atoms with E-state index < -0.39 is 0 Å². The first-order valence-electron chi connectivity index (χ1n) is 4.36. The molecule has 1 N–H and O–H groups in total. The lowest BCUT2D eigenvalue weighted by atomic mass is 10.0. The molecule has 1 aliphatic rings. The molecular weight excluding hydrogens is 186 g/mol. The van der Waals surface area contributed by atoms with E-state index in [1.165, 1.54) is 0 Å². The minimum absolute atomic E-state index is 0.385. The fraction of sp³-hybridized carbons (Fsp3) is 0.750.